The van der Waals surface area contributed by atoms with Crippen molar-refractivity contribution in [2.75, 3.05) is 16.8 Å². The molecule has 6 heteroatoms. The number of anilines is 1. The van der Waals surface area contributed by atoms with Gasteiger partial charge in [0.15, 0.2) is 0 Å². The molecule has 1 aliphatic heterocycles. The molecule has 1 aliphatic rings. The number of carbonyl (C=O) groups excluding carboxylic acids is 1. The zero-order valence-corrected chi connectivity index (χ0v) is 11.1. The predicted molar refractivity (Wildman–Crippen MR) is 72.5 cm³/mol. The number of rotatable bonds is 3. The van der Waals surface area contributed by atoms with Crippen LogP contribution in [0.4, 0.5) is 5.69 Å². The average Bonchev–Trinajstić information content (AvgIpc) is 2.85. The number of thioether (sulfide) groups is 1. The van der Waals surface area contributed by atoms with Crippen LogP contribution < -0.4 is 5.32 Å². The highest BCUT2D eigenvalue weighted by atomic mass is 35.5. The summed E-state index contributed by atoms with van der Waals surface area (Å²) in [7, 11) is 0. The monoisotopic (exact) mass is 285 g/mol. The van der Waals surface area contributed by atoms with Gasteiger partial charge in [-0.05, 0) is 30.4 Å². The van der Waals surface area contributed by atoms with Crippen LogP contribution in [-0.2, 0) is 4.79 Å². The molecule has 1 aromatic carbocycles. The molecule has 0 spiro atoms. The molecule has 1 heterocycles. The third kappa shape index (κ3) is 2.97. The predicted octanol–water partition coefficient (Wildman–Crippen LogP) is 2.73. The maximum absolute atomic E-state index is 11.9. The minimum absolute atomic E-state index is 0.0187. The van der Waals surface area contributed by atoms with Crippen molar-refractivity contribution in [1.29, 1.82) is 0 Å². The normalized spacial score (nSPS) is 18.6. The first-order chi connectivity index (χ1) is 8.58. The van der Waals surface area contributed by atoms with Crippen LogP contribution in [0.15, 0.2) is 18.2 Å². The minimum atomic E-state index is -1.04. The molecule has 1 amide bonds. The lowest BCUT2D eigenvalue weighted by molar-refractivity contribution is -0.119. The van der Waals surface area contributed by atoms with E-state index in [1.54, 1.807) is 11.8 Å². The summed E-state index contributed by atoms with van der Waals surface area (Å²) in [6.45, 7) is 0. The Morgan fingerprint density at radius 3 is 2.78 bits per heavy atom. The minimum Gasteiger partial charge on any atom is -0.478 e. The van der Waals surface area contributed by atoms with Crippen molar-refractivity contribution in [2.45, 2.75) is 6.42 Å². The fourth-order valence-electron chi connectivity index (χ4n) is 1.73. The summed E-state index contributed by atoms with van der Waals surface area (Å²) < 4.78 is 0. The Morgan fingerprint density at radius 1 is 1.44 bits per heavy atom. The first-order valence-corrected chi connectivity index (χ1v) is 7.02. The number of hydrogen-bond donors (Lipinski definition) is 2. The molecular weight excluding hydrogens is 274 g/mol. The number of carbonyl (C=O) groups is 2. The number of carboxylic acids is 1. The summed E-state index contributed by atoms with van der Waals surface area (Å²) in [5.41, 5.74) is 0.568. The topological polar surface area (TPSA) is 66.4 Å². The van der Waals surface area contributed by atoms with E-state index in [1.807, 2.05) is 0 Å². The van der Waals surface area contributed by atoms with Crippen LogP contribution in [0.5, 0.6) is 0 Å². The van der Waals surface area contributed by atoms with Gasteiger partial charge in [0.1, 0.15) is 0 Å². The SMILES string of the molecule is O=C(O)c1ccc(NC(=O)C2CCSC2)c(Cl)c1. The van der Waals surface area contributed by atoms with E-state index in [1.165, 1.54) is 18.2 Å². The van der Waals surface area contributed by atoms with Gasteiger partial charge >= 0.3 is 5.97 Å². The molecular formula is C12H12ClNO3S. The Kier molecular flexibility index (Phi) is 4.14. The Balaban J connectivity index is 2.09. The van der Waals surface area contributed by atoms with Gasteiger partial charge in [0.2, 0.25) is 5.91 Å². The molecule has 1 unspecified atom stereocenters. The lowest BCUT2D eigenvalue weighted by Crippen LogP contribution is -2.22. The van der Waals surface area contributed by atoms with Crippen LogP contribution in [0.1, 0.15) is 16.8 Å². The molecule has 1 fully saturated rings. The first-order valence-electron chi connectivity index (χ1n) is 5.49. The molecule has 2 N–H and O–H groups in total. The van der Waals surface area contributed by atoms with Crippen LogP contribution in [0.25, 0.3) is 0 Å². The molecule has 96 valence electrons. The molecule has 2 rings (SSSR count). The number of amides is 1. The van der Waals surface area contributed by atoms with Gasteiger partial charge in [0.05, 0.1) is 16.3 Å². The fourth-order valence-corrected chi connectivity index (χ4v) is 3.17. The Labute approximate surface area is 114 Å². The number of nitrogens with one attached hydrogen (secondary N) is 1. The van der Waals surface area contributed by atoms with Crippen molar-refractivity contribution in [1.82, 2.24) is 0 Å². The lowest BCUT2D eigenvalue weighted by atomic mass is 10.1. The zero-order chi connectivity index (χ0) is 13.1. The number of carboxylic acid groups (broad SMARTS) is 1. The van der Waals surface area contributed by atoms with E-state index in [-0.39, 0.29) is 22.4 Å². The fraction of sp³-hybridized carbons (Fsp3) is 0.333. The van der Waals surface area contributed by atoms with E-state index >= 15 is 0 Å². The highest BCUT2D eigenvalue weighted by Crippen LogP contribution is 2.27. The maximum atomic E-state index is 11.9. The van der Waals surface area contributed by atoms with Crippen molar-refractivity contribution in [2.24, 2.45) is 5.92 Å². The Hall–Kier alpha value is -1.20. The van der Waals surface area contributed by atoms with Gasteiger partial charge < -0.3 is 10.4 Å². The molecule has 0 aliphatic carbocycles. The summed E-state index contributed by atoms with van der Waals surface area (Å²) in [4.78, 5) is 22.6. The largest absolute Gasteiger partial charge is 0.478 e. The number of halogens is 1. The first kappa shape index (κ1) is 13.2. The molecule has 0 aromatic heterocycles. The van der Waals surface area contributed by atoms with Gasteiger partial charge in [-0.25, -0.2) is 4.79 Å². The van der Waals surface area contributed by atoms with Gasteiger partial charge in [-0.3, -0.25) is 4.79 Å². The van der Waals surface area contributed by atoms with E-state index in [9.17, 15) is 9.59 Å². The Morgan fingerprint density at radius 2 is 2.22 bits per heavy atom. The molecule has 1 saturated heterocycles. The second kappa shape index (κ2) is 5.63. The average molecular weight is 286 g/mol. The quantitative estimate of drug-likeness (QED) is 0.896. The van der Waals surface area contributed by atoms with Crippen LogP contribution in [0.3, 0.4) is 0 Å². The lowest BCUT2D eigenvalue weighted by Gasteiger charge is -2.11. The molecule has 18 heavy (non-hydrogen) atoms. The summed E-state index contributed by atoms with van der Waals surface area (Å²) in [6, 6.07) is 4.28. The number of hydrogen-bond acceptors (Lipinski definition) is 3. The second-order valence-electron chi connectivity index (χ2n) is 4.05. The number of benzene rings is 1. The smallest absolute Gasteiger partial charge is 0.335 e. The van der Waals surface area contributed by atoms with Gasteiger partial charge in [0.25, 0.3) is 0 Å². The van der Waals surface area contributed by atoms with Crippen LogP contribution in [-0.4, -0.2) is 28.5 Å². The molecule has 0 bridgehead atoms. The molecule has 4 nitrogen and oxygen atoms in total. The molecule has 1 aromatic rings. The molecule has 0 saturated carbocycles. The van der Waals surface area contributed by atoms with Crippen molar-refractivity contribution in [3.05, 3.63) is 28.8 Å². The summed E-state index contributed by atoms with van der Waals surface area (Å²) >= 11 is 7.70. The second-order valence-corrected chi connectivity index (χ2v) is 5.61. The molecule has 0 radical (unpaired) electrons. The van der Waals surface area contributed by atoms with Crippen molar-refractivity contribution < 1.29 is 14.7 Å². The van der Waals surface area contributed by atoms with Gasteiger partial charge in [-0.1, -0.05) is 11.6 Å². The van der Waals surface area contributed by atoms with Crippen molar-refractivity contribution >= 4 is 40.9 Å². The highest BCUT2D eigenvalue weighted by molar-refractivity contribution is 7.99. The van der Waals surface area contributed by atoms with Gasteiger partial charge in [-0.15, -0.1) is 0 Å². The van der Waals surface area contributed by atoms with Gasteiger partial charge in [-0.2, -0.15) is 11.8 Å². The van der Waals surface area contributed by atoms with Crippen molar-refractivity contribution in [3.63, 3.8) is 0 Å². The van der Waals surface area contributed by atoms with E-state index in [4.69, 9.17) is 16.7 Å². The van der Waals surface area contributed by atoms with Crippen molar-refractivity contribution in [3.8, 4) is 0 Å². The van der Waals surface area contributed by atoms with E-state index in [2.05, 4.69) is 5.32 Å². The maximum Gasteiger partial charge on any atom is 0.335 e. The summed E-state index contributed by atoms with van der Waals surface area (Å²) in [6.07, 6.45) is 0.876. The Bertz CT molecular complexity index is 486. The zero-order valence-electron chi connectivity index (χ0n) is 9.48. The molecule has 1 atom stereocenters. The summed E-state index contributed by atoms with van der Waals surface area (Å²) in [5, 5.41) is 11.8. The van der Waals surface area contributed by atoms with E-state index < -0.39 is 5.97 Å². The standard InChI is InChI=1S/C12H12ClNO3S/c13-9-5-7(12(16)17)1-2-10(9)14-11(15)8-3-4-18-6-8/h1-2,5,8H,3-4,6H2,(H,14,15)(H,16,17). The van der Waals surface area contributed by atoms with E-state index in [0.717, 1.165) is 17.9 Å². The van der Waals surface area contributed by atoms with E-state index in [0.29, 0.717) is 5.69 Å². The van der Waals surface area contributed by atoms with Crippen LogP contribution >= 0.6 is 23.4 Å². The third-order valence-corrected chi connectivity index (χ3v) is 4.25. The van der Waals surface area contributed by atoms with Crippen LogP contribution in [0, 0.1) is 5.92 Å². The summed E-state index contributed by atoms with van der Waals surface area (Å²) in [5.74, 6) is 0.762. The highest BCUT2D eigenvalue weighted by Gasteiger charge is 2.23. The number of aromatic carboxylic acids is 1. The van der Waals surface area contributed by atoms with Gasteiger partial charge in [0, 0.05) is 11.7 Å². The van der Waals surface area contributed by atoms with Crippen LogP contribution in [0.2, 0.25) is 5.02 Å². The third-order valence-electron chi connectivity index (χ3n) is 2.77.